The van der Waals surface area contributed by atoms with Gasteiger partial charge < -0.3 is 4.90 Å². The molecule has 29 heavy (non-hydrogen) atoms. The molecule has 0 amide bonds. The van der Waals surface area contributed by atoms with Gasteiger partial charge in [0.25, 0.3) is 0 Å². The molecule has 2 heterocycles. The van der Waals surface area contributed by atoms with Crippen LogP contribution in [-0.4, -0.2) is 28.5 Å². The van der Waals surface area contributed by atoms with Crippen LogP contribution in [0.1, 0.15) is 34.6 Å². The number of aromatic nitrogens is 2. The molecule has 1 atom stereocenters. The van der Waals surface area contributed by atoms with E-state index in [4.69, 9.17) is 0 Å². The smallest absolute Gasteiger partial charge is 0.302 e. The molecule has 0 N–H and O–H groups in total. The summed E-state index contributed by atoms with van der Waals surface area (Å²) in [6.45, 7) is 1.47. The maximum atomic E-state index is 14.5. The van der Waals surface area contributed by atoms with E-state index in [9.17, 15) is 17.6 Å². The topological polar surface area (TPSA) is 29.0 Å². The maximum absolute atomic E-state index is 14.5. The fourth-order valence-corrected chi connectivity index (χ4v) is 3.80. The highest BCUT2D eigenvalue weighted by Gasteiger charge is 2.31. The van der Waals surface area contributed by atoms with Gasteiger partial charge in [-0.15, -0.1) is 0 Å². The standard InChI is InChI=1S/C22H19F4N3/c1-29-9-8-18(19-4-2-3-5-20(19)23)17-7-6-14(10-15(17)13-29)21-27-11-16(12-28-21)22(24,25)26/h2-7,10-12,18H,8-9,13H2,1H3. The lowest BCUT2D eigenvalue weighted by Gasteiger charge is -2.19. The number of nitrogens with zero attached hydrogens (tertiary/aromatic N) is 3. The van der Waals surface area contributed by atoms with E-state index in [1.54, 1.807) is 12.1 Å². The first-order chi connectivity index (χ1) is 13.8. The number of fused-ring (bicyclic) bond motifs is 1. The second-order valence-electron chi connectivity index (χ2n) is 7.31. The zero-order valence-electron chi connectivity index (χ0n) is 15.7. The second-order valence-corrected chi connectivity index (χ2v) is 7.31. The maximum Gasteiger partial charge on any atom is 0.419 e. The van der Waals surface area contributed by atoms with E-state index >= 15 is 0 Å². The molecule has 3 nitrogen and oxygen atoms in total. The van der Waals surface area contributed by atoms with E-state index in [-0.39, 0.29) is 17.6 Å². The highest BCUT2D eigenvalue weighted by molar-refractivity contribution is 5.58. The normalized spacial score (nSPS) is 17.6. The molecule has 7 heteroatoms. The Balaban J connectivity index is 1.74. The molecule has 0 aliphatic carbocycles. The van der Waals surface area contributed by atoms with E-state index in [0.717, 1.165) is 36.5 Å². The molecule has 150 valence electrons. The molecule has 0 bridgehead atoms. The third-order valence-corrected chi connectivity index (χ3v) is 5.28. The summed E-state index contributed by atoms with van der Waals surface area (Å²) in [4.78, 5) is 9.94. The van der Waals surface area contributed by atoms with Crippen LogP contribution in [0, 0.1) is 5.82 Å². The molecule has 0 radical (unpaired) electrons. The lowest BCUT2D eigenvalue weighted by Crippen LogP contribution is -2.17. The van der Waals surface area contributed by atoms with Crippen LogP contribution in [-0.2, 0) is 12.7 Å². The summed E-state index contributed by atoms with van der Waals surface area (Å²) in [5, 5.41) is 0. The number of hydrogen-bond acceptors (Lipinski definition) is 3. The summed E-state index contributed by atoms with van der Waals surface area (Å²) >= 11 is 0. The van der Waals surface area contributed by atoms with Crippen molar-refractivity contribution in [3.63, 3.8) is 0 Å². The molecule has 0 saturated heterocycles. The van der Waals surface area contributed by atoms with Gasteiger partial charge in [-0.1, -0.05) is 30.3 Å². The molecular formula is C22H19F4N3. The largest absolute Gasteiger partial charge is 0.419 e. The number of alkyl halides is 3. The van der Waals surface area contributed by atoms with Gasteiger partial charge in [0.15, 0.2) is 5.82 Å². The average Bonchev–Trinajstić information content (AvgIpc) is 2.85. The Kier molecular flexibility index (Phi) is 5.08. The van der Waals surface area contributed by atoms with E-state index < -0.39 is 11.7 Å². The molecule has 0 saturated carbocycles. The Morgan fingerprint density at radius 2 is 1.72 bits per heavy atom. The lowest BCUT2D eigenvalue weighted by molar-refractivity contribution is -0.138. The first-order valence-corrected chi connectivity index (χ1v) is 9.28. The molecule has 0 fully saturated rings. The lowest BCUT2D eigenvalue weighted by atomic mass is 9.85. The van der Waals surface area contributed by atoms with Gasteiger partial charge in [0.2, 0.25) is 0 Å². The molecule has 1 aromatic heterocycles. The van der Waals surface area contributed by atoms with E-state index in [1.165, 1.54) is 6.07 Å². The first kappa shape index (κ1) is 19.5. The second kappa shape index (κ2) is 7.55. The van der Waals surface area contributed by atoms with Crippen LogP contribution in [0.25, 0.3) is 11.4 Å². The Labute approximate surface area is 166 Å². The third-order valence-electron chi connectivity index (χ3n) is 5.28. The van der Waals surface area contributed by atoms with Crippen molar-refractivity contribution in [1.29, 1.82) is 0 Å². The summed E-state index contributed by atoms with van der Waals surface area (Å²) in [6.07, 6.45) is -2.10. The van der Waals surface area contributed by atoms with E-state index in [0.29, 0.717) is 17.7 Å². The minimum atomic E-state index is -4.47. The van der Waals surface area contributed by atoms with Gasteiger partial charge in [-0.05, 0) is 48.8 Å². The molecular weight excluding hydrogens is 382 g/mol. The monoisotopic (exact) mass is 401 g/mol. The molecule has 4 rings (SSSR count). The van der Waals surface area contributed by atoms with Crippen LogP contribution in [0.15, 0.2) is 54.9 Å². The summed E-state index contributed by atoms with van der Waals surface area (Å²) < 4.78 is 52.7. The summed E-state index contributed by atoms with van der Waals surface area (Å²) in [7, 11) is 1.99. The quantitative estimate of drug-likeness (QED) is 0.548. The Morgan fingerprint density at radius 3 is 2.41 bits per heavy atom. The molecule has 1 aliphatic rings. The van der Waals surface area contributed by atoms with Gasteiger partial charge in [0.1, 0.15) is 5.82 Å². The van der Waals surface area contributed by atoms with E-state index in [1.807, 2.05) is 31.3 Å². The number of rotatable bonds is 2. The van der Waals surface area contributed by atoms with Gasteiger partial charge in [-0.25, -0.2) is 14.4 Å². The van der Waals surface area contributed by atoms with E-state index in [2.05, 4.69) is 14.9 Å². The van der Waals surface area contributed by atoms with Crippen molar-refractivity contribution in [3.05, 3.63) is 82.9 Å². The van der Waals surface area contributed by atoms with Crippen LogP contribution < -0.4 is 0 Å². The van der Waals surface area contributed by atoms with Crippen molar-refractivity contribution in [3.8, 4) is 11.4 Å². The number of benzene rings is 2. The fraction of sp³-hybridized carbons (Fsp3) is 0.273. The van der Waals surface area contributed by atoms with Crippen molar-refractivity contribution in [2.75, 3.05) is 13.6 Å². The summed E-state index contributed by atoms with van der Waals surface area (Å²) in [6, 6.07) is 12.4. The molecule has 1 aliphatic heterocycles. The average molecular weight is 401 g/mol. The Hall–Kier alpha value is -2.80. The number of halogens is 4. The Morgan fingerprint density at radius 1 is 1.00 bits per heavy atom. The van der Waals surface area contributed by atoms with Crippen LogP contribution in [0.3, 0.4) is 0 Å². The van der Waals surface area contributed by atoms with Crippen LogP contribution in [0.4, 0.5) is 17.6 Å². The highest BCUT2D eigenvalue weighted by Crippen LogP contribution is 2.36. The van der Waals surface area contributed by atoms with Crippen molar-refractivity contribution >= 4 is 0 Å². The van der Waals surface area contributed by atoms with Gasteiger partial charge in [-0.3, -0.25) is 0 Å². The predicted octanol–water partition coefficient (Wildman–Crippen LogP) is 5.27. The van der Waals surface area contributed by atoms with Crippen molar-refractivity contribution in [2.24, 2.45) is 0 Å². The minimum Gasteiger partial charge on any atom is -0.302 e. The van der Waals surface area contributed by atoms with Crippen molar-refractivity contribution in [1.82, 2.24) is 14.9 Å². The predicted molar refractivity (Wildman–Crippen MR) is 102 cm³/mol. The molecule has 2 aromatic carbocycles. The zero-order chi connectivity index (χ0) is 20.6. The third kappa shape index (κ3) is 4.00. The zero-order valence-corrected chi connectivity index (χ0v) is 15.7. The Bertz CT molecular complexity index is 1020. The molecule has 1 unspecified atom stereocenters. The van der Waals surface area contributed by atoms with Crippen LogP contribution in [0.5, 0.6) is 0 Å². The van der Waals surface area contributed by atoms with Crippen LogP contribution in [0.2, 0.25) is 0 Å². The van der Waals surface area contributed by atoms with Crippen molar-refractivity contribution in [2.45, 2.75) is 25.1 Å². The molecule has 0 spiro atoms. The van der Waals surface area contributed by atoms with Crippen LogP contribution >= 0.6 is 0 Å². The highest BCUT2D eigenvalue weighted by atomic mass is 19.4. The van der Waals surface area contributed by atoms with Gasteiger partial charge in [0, 0.05) is 30.4 Å². The molecule has 3 aromatic rings. The summed E-state index contributed by atoms with van der Waals surface area (Å²) in [5.41, 5.74) is 2.44. The fourth-order valence-electron chi connectivity index (χ4n) is 3.80. The van der Waals surface area contributed by atoms with Crippen molar-refractivity contribution < 1.29 is 17.6 Å². The minimum absolute atomic E-state index is 0.0845. The van der Waals surface area contributed by atoms with Gasteiger partial charge in [0.05, 0.1) is 5.56 Å². The first-order valence-electron chi connectivity index (χ1n) is 9.28. The van der Waals surface area contributed by atoms with Gasteiger partial charge >= 0.3 is 6.18 Å². The number of hydrogen-bond donors (Lipinski definition) is 0. The summed E-state index contributed by atoms with van der Waals surface area (Å²) in [5.74, 6) is -0.0861. The SMILES string of the molecule is CN1CCC(c2ccccc2F)c2ccc(-c3ncc(C(F)(F)F)cn3)cc2C1. The van der Waals surface area contributed by atoms with Gasteiger partial charge in [-0.2, -0.15) is 13.2 Å².